The molecule has 4 nitrogen and oxygen atoms in total. The van der Waals surface area contributed by atoms with Crippen molar-refractivity contribution in [2.75, 3.05) is 7.11 Å². The van der Waals surface area contributed by atoms with Crippen LogP contribution in [0.3, 0.4) is 0 Å². The molecule has 0 fully saturated rings. The van der Waals surface area contributed by atoms with Gasteiger partial charge in [0.25, 0.3) is 0 Å². The number of aromatic nitrogens is 1. The molecular weight excluding hydrogens is 250 g/mol. The van der Waals surface area contributed by atoms with Crippen LogP contribution in [0.2, 0.25) is 0 Å². The molecule has 2 rings (SSSR count). The first kappa shape index (κ1) is 14.0. The lowest BCUT2D eigenvalue weighted by molar-refractivity contribution is 0.413. The highest BCUT2D eigenvalue weighted by Gasteiger charge is 2.08. The van der Waals surface area contributed by atoms with Gasteiger partial charge in [-0.1, -0.05) is 18.2 Å². The Hall–Kier alpha value is -2.38. The molecule has 0 unspecified atom stereocenters. The zero-order valence-corrected chi connectivity index (χ0v) is 11.6. The fourth-order valence-corrected chi connectivity index (χ4v) is 1.97. The molecule has 0 aliphatic rings. The Kier molecular flexibility index (Phi) is 4.70. The topological polar surface area (TPSA) is 57.9 Å². The van der Waals surface area contributed by atoms with Gasteiger partial charge in [0, 0.05) is 24.3 Å². The number of pyridine rings is 1. The lowest BCUT2D eigenvalue weighted by Crippen LogP contribution is -2.19. The molecule has 0 bridgehead atoms. The van der Waals surface area contributed by atoms with Gasteiger partial charge in [0.1, 0.15) is 17.5 Å². The van der Waals surface area contributed by atoms with Gasteiger partial charge in [-0.2, -0.15) is 5.26 Å². The lowest BCUT2D eigenvalue weighted by Gasteiger charge is -2.15. The number of methoxy groups -OCH3 is 1. The van der Waals surface area contributed by atoms with Crippen LogP contribution in [-0.2, 0) is 6.54 Å². The van der Waals surface area contributed by atoms with Gasteiger partial charge in [-0.05, 0) is 30.7 Å². The number of rotatable bonds is 5. The number of benzene rings is 1. The average Bonchev–Trinajstić information content (AvgIpc) is 2.52. The van der Waals surface area contributed by atoms with Gasteiger partial charge in [0.05, 0.1) is 7.11 Å². The van der Waals surface area contributed by atoms with E-state index in [1.54, 1.807) is 13.3 Å². The molecule has 0 saturated heterocycles. The molecule has 102 valence electrons. The van der Waals surface area contributed by atoms with E-state index in [9.17, 15) is 0 Å². The van der Waals surface area contributed by atoms with Crippen molar-refractivity contribution in [1.82, 2.24) is 10.3 Å². The molecule has 0 saturated carbocycles. The minimum Gasteiger partial charge on any atom is -0.497 e. The van der Waals surface area contributed by atoms with Gasteiger partial charge in [-0.3, -0.25) is 0 Å². The van der Waals surface area contributed by atoms with E-state index in [2.05, 4.69) is 29.4 Å². The molecule has 0 amide bonds. The first-order valence-corrected chi connectivity index (χ1v) is 6.46. The van der Waals surface area contributed by atoms with Gasteiger partial charge in [-0.15, -0.1) is 0 Å². The van der Waals surface area contributed by atoms with E-state index in [1.807, 2.05) is 30.3 Å². The molecule has 1 aromatic heterocycles. The van der Waals surface area contributed by atoms with Gasteiger partial charge in [0.15, 0.2) is 0 Å². The van der Waals surface area contributed by atoms with Crippen molar-refractivity contribution in [3.8, 4) is 11.8 Å². The molecule has 1 aromatic carbocycles. The van der Waals surface area contributed by atoms with E-state index in [0.29, 0.717) is 12.2 Å². The molecule has 0 radical (unpaired) electrons. The van der Waals surface area contributed by atoms with E-state index in [0.717, 1.165) is 16.9 Å². The second-order valence-electron chi connectivity index (χ2n) is 4.50. The van der Waals surface area contributed by atoms with Gasteiger partial charge in [-0.25, -0.2) is 4.98 Å². The summed E-state index contributed by atoms with van der Waals surface area (Å²) in [6.45, 7) is 2.69. The van der Waals surface area contributed by atoms with Crippen LogP contribution < -0.4 is 10.1 Å². The van der Waals surface area contributed by atoms with Gasteiger partial charge >= 0.3 is 0 Å². The Morgan fingerprint density at radius 3 is 2.95 bits per heavy atom. The molecule has 1 heterocycles. The number of hydrogen-bond donors (Lipinski definition) is 1. The lowest BCUT2D eigenvalue weighted by atomic mass is 10.1. The Morgan fingerprint density at radius 2 is 2.20 bits per heavy atom. The highest BCUT2D eigenvalue weighted by atomic mass is 16.5. The highest BCUT2D eigenvalue weighted by molar-refractivity contribution is 5.32. The number of nitrogens with zero attached hydrogens (tertiary/aromatic N) is 2. The van der Waals surface area contributed by atoms with Crippen LogP contribution in [0.4, 0.5) is 0 Å². The third-order valence-corrected chi connectivity index (χ3v) is 3.19. The fourth-order valence-electron chi connectivity index (χ4n) is 1.97. The normalized spacial score (nSPS) is 11.7. The third-order valence-electron chi connectivity index (χ3n) is 3.19. The van der Waals surface area contributed by atoms with Crippen molar-refractivity contribution in [2.24, 2.45) is 0 Å². The summed E-state index contributed by atoms with van der Waals surface area (Å²) in [6.07, 6.45) is 1.63. The smallest absolute Gasteiger partial charge is 0.144 e. The predicted octanol–water partition coefficient (Wildman–Crippen LogP) is 2.81. The number of nitriles is 1. The molecule has 0 aliphatic carbocycles. The third kappa shape index (κ3) is 3.34. The first-order valence-electron chi connectivity index (χ1n) is 6.46. The zero-order chi connectivity index (χ0) is 14.4. The van der Waals surface area contributed by atoms with E-state index >= 15 is 0 Å². The molecule has 2 aromatic rings. The monoisotopic (exact) mass is 267 g/mol. The first-order chi connectivity index (χ1) is 9.74. The molecule has 0 spiro atoms. The van der Waals surface area contributed by atoms with Crippen molar-refractivity contribution in [3.05, 3.63) is 59.4 Å². The Bertz CT molecular complexity index is 619. The molecular formula is C16H17N3O. The van der Waals surface area contributed by atoms with E-state index < -0.39 is 0 Å². The van der Waals surface area contributed by atoms with E-state index in [1.165, 1.54) is 0 Å². The summed E-state index contributed by atoms with van der Waals surface area (Å²) in [4.78, 5) is 4.05. The van der Waals surface area contributed by atoms with Crippen molar-refractivity contribution >= 4 is 0 Å². The molecule has 0 aliphatic heterocycles. The SMILES string of the molecule is COc1cccc([C@H](C)NCc2cccnc2C#N)c1. The standard InChI is InChI=1S/C16H17N3O/c1-12(13-5-3-7-15(9-13)20-2)19-11-14-6-4-8-18-16(14)10-17/h3-9,12,19H,11H2,1-2H3/t12-/m0/s1. The molecule has 1 N–H and O–H groups in total. The second kappa shape index (κ2) is 6.69. The van der Waals surface area contributed by atoms with E-state index in [4.69, 9.17) is 10.00 Å². The fraction of sp³-hybridized carbons (Fsp3) is 0.250. The van der Waals surface area contributed by atoms with Crippen LogP contribution >= 0.6 is 0 Å². The van der Waals surface area contributed by atoms with Gasteiger partial charge in [0.2, 0.25) is 0 Å². The maximum absolute atomic E-state index is 9.01. The summed E-state index contributed by atoms with van der Waals surface area (Å²) in [5.74, 6) is 0.843. The maximum atomic E-state index is 9.01. The zero-order valence-electron chi connectivity index (χ0n) is 11.6. The Balaban J connectivity index is 2.05. The second-order valence-corrected chi connectivity index (χ2v) is 4.50. The predicted molar refractivity (Wildman–Crippen MR) is 77.2 cm³/mol. The van der Waals surface area contributed by atoms with Crippen LogP contribution in [0.1, 0.15) is 29.8 Å². The Morgan fingerprint density at radius 1 is 1.35 bits per heavy atom. The summed E-state index contributed by atoms with van der Waals surface area (Å²) in [5, 5.41) is 12.4. The summed E-state index contributed by atoms with van der Waals surface area (Å²) < 4.78 is 5.22. The highest BCUT2D eigenvalue weighted by Crippen LogP contribution is 2.19. The van der Waals surface area contributed by atoms with Crippen LogP contribution in [0, 0.1) is 11.3 Å². The molecule has 20 heavy (non-hydrogen) atoms. The number of ether oxygens (including phenoxy) is 1. The summed E-state index contributed by atoms with van der Waals surface area (Å²) in [6, 6.07) is 14.0. The summed E-state index contributed by atoms with van der Waals surface area (Å²) >= 11 is 0. The van der Waals surface area contributed by atoms with Gasteiger partial charge < -0.3 is 10.1 Å². The van der Waals surface area contributed by atoms with Crippen LogP contribution in [0.5, 0.6) is 5.75 Å². The number of hydrogen-bond acceptors (Lipinski definition) is 4. The van der Waals surface area contributed by atoms with Crippen molar-refractivity contribution < 1.29 is 4.74 Å². The van der Waals surface area contributed by atoms with Crippen molar-refractivity contribution in [3.63, 3.8) is 0 Å². The number of nitrogens with one attached hydrogen (secondary N) is 1. The minimum atomic E-state index is 0.164. The van der Waals surface area contributed by atoms with E-state index in [-0.39, 0.29) is 6.04 Å². The maximum Gasteiger partial charge on any atom is 0.144 e. The van der Waals surface area contributed by atoms with Crippen LogP contribution in [-0.4, -0.2) is 12.1 Å². The minimum absolute atomic E-state index is 0.164. The van der Waals surface area contributed by atoms with Crippen molar-refractivity contribution in [1.29, 1.82) is 5.26 Å². The summed E-state index contributed by atoms with van der Waals surface area (Å²) in [5.41, 5.74) is 2.52. The van der Waals surface area contributed by atoms with Crippen molar-refractivity contribution in [2.45, 2.75) is 19.5 Å². The molecule has 1 atom stereocenters. The largest absolute Gasteiger partial charge is 0.497 e. The summed E-state index contributed by atoms with van der Waals surface area (Å²) in [7, 11) is 1.66. The Labute approximate surface area is 119 Å². The molecule has 4 heteroatoms. The van der Waals surface area contributed by atoms with Crippen LogP contribution in [0.25, 0.3) is 0 Å². The van der Waals surface area contributed by atoms with Crippen LogP contribution in [0.15, 0.2) is 42.6 Å². The quantitative estimate of drug-likeness (QED) is 0.905. The average molecular weight is 267 g/mol.